The van der Waals surface area contributed by atoms with E-state index >= 15 is 0 Å². The predicted molar refractivity (Wildman–Crippen MR) is 62.0 cm³/mol. The van der Waals surface area contributed by atoms with E-state index in [0.717, 1.165) is 12.0 Å². The fourth-order valence-corrected chi connectivity index (χ4v) is 1.90. The summed E-state index contributed by atoms with van der Waals surface area (Å²) in [6.45, 7) is 2.14. The lowest BCUT2D eigenvalue weighted by molar-refractivity contribution is -0.148. The molecule has 1 aromatic rings. The van der Waals surface area contributed by atoms with E-state index in [1.54, 1.807) is 12.4 Å². The fourth-order valence-electron chi connectivity index (χ4n) is 1.90. The van der Waals surface area contributed by atoms with Crippen LogP contribution in [0.3, 0.4) is 0 Å². The summed E-state index contributed by atoms with van der Waals surface area (Å²) in [7, 11) is 0. The number of pyridine rings is 1. The maximum absolute atomic E-state index is 11.4. The molecule has 1 atom stereocenters. The van der Waals surface area contributed by atoms with E-state index in [1.807, 2.05) is 19.1 Å². The maximum Gasteiger partial charge on any atom is 0.311 e. The summed E-state index contributed by atoms with van der Waals surface area (Å²) < 4.78 is 0. The van der Waals surface area contributed by atoms with Crippen LogP contribution in [0.15, 0.2) is 24.5 Å². The molecule has 0 aliphatic rings. The summed E-state index contributed by atoms with van der Waals surface area (Å²) >= 11 is 0. The van der Waals surface area contributed by atoms with Crippen molar-refractivity contribution in [3.8, 4) is 0 Å². The predicted octanol–water partition coefficient (Wildman–Crippen LogP) is 1.45. The van der Waals surface area contributed by atoms with Gasteiger partial charge in [0, 0.05) is 18.9 Å². The molecule has 0 amide bonds. The van der Waals surface area contributed by atoms with Gasteiger partial charge in [0.1, 0.15) is 0 Å². The highest BCUT2D eigenvalue weighted by Gasteiger charge is 2.36. The molecule has 4 heteroatoms. The SMILES string of the molecule is CCCC(CN)(Cc1ccncc1)C(=O)O. The topological polar surface area (TPSA) is 76.2 Å². The largest absolute Gasteiger partial charge is 0.481 e. The molecule has 1 aromatic heterocycles. The lowest BCUT2D eigenvalue weighted by Gasteiger charge is -2.27. The smallest absolute Gasteiger partial charge is 0.311 e. The van der Waals surface area contributed by atoms with E-state index in [2.05, 4.69) is 4.98 Å². The first-order valence-corrected chi connectivity index (χ1v) is 5.47. The third kappa shape index (κ3) is 2.79. The molecule has 3 N–H and O–H groups in total. The highest BCUT2D eigenvalue weighted by Crippen LogP contribution is 2.28. The Hall–Kier alpha value is -1.42. The lowest BCUT2D eigenvalue weighted by Crippen LogP contribution is -2.40. The number of carboxylic acid groups (broad SMARTS) is 1. The second kappa shape index (κ2) is 5.61. The Labute approximate surface area is 95.5 Å². The van der Waals surface area contributed by atoms with Crippen molar-refractivity contribution in [3.05, 3.63) is 30.1 Å². The quantitative estimate of drug-likeness (QED) is 0.763. The highest BCUT2D eigenvalue weighted by atomic mass is 16.4. The Balaban J connectivity index is 2.90. The van der Waals surface area contributed by atoms with Gasteiger partial charge in [-0.15, -0.1) is 0 Å². The van der Waals surface area contributed by atoms with Crippen molar-refractivity contribution in [3.63, 3.8) is 0 Å². The van der Waals surface area contributed by atoms with Crippen LogP contribution in [0, 0.1) is 5.41 Å². The molecule has 16 heavy (non-hydrogen) atoms. The van der Waals surface area contributed by atoms with E-state index < -0.39 is 11.4 Å². The summed E-state index contributed by atoms with van der Waals surface area (Å²) in [6.07, 6.45) is 5.22. The fraction of sp³-hybridized carbons (Fsp3) is 0.500. The van der Waals surface area contributed by atoms with Crippen LogP contribution in [0.1, 0.15) is 25.3 Å². The summed E-state index contributed by atoms with van der Waals surface area (Å²) in [4.78, 5) is 15.3. The van der Waals surface area contributed by atoms with Gasteiger partial charge in [-0.1, -0.05) is 13.3 Å². The van der Waals surface area contributed by atoms with Crippen LogP contribution in [-0.2, 0) is 11.2 Å². The van der Waals surface area contributed by atoms with Crippen LogP contribution >= 0.6 is 0 Å². The number of nitrogens with two attached hydrogens (primary N) is 1. The van der Waals surface area contributed by atoms with Gasteiger partial charge in [-0.05, 0) is 30.5 Å². The zero-order valence-electron chi connectivity index (χ0n) is 9.52. The minimum atomic E-state index is -0.837. The molecule has 0 radical (unpaired) electrons. The molecule has 0 aliphatic heterocycles. The molecular weight excluding hydrogens is 204 g/mol. The Kier molecular flexibility index (Phi) is 4.43. The van der Waals surface area contributed by atoms with E-state index in [-0.39, 0.29) is 6.54 Å². The van der Waals surface area contributed by atoms with Crippen LogP contribution in [0.4, 0.5) is 0 Å². The van der Waals surface area contributed by atoms with E-state index in [9.17, 15) is 9.90 Å². The molecule has 88 valence electrons. The average molecular weight is 222 g/mol. The van der Waals surface area contributed by atoms with Gasteiger partial charge in [-0.3, -0.25) is 9.78 Å². The molecule has 0 bridgehead atoms. The summed E-state index contributed by atoms with van der Waals surface area (Å²) in [5.41, 5.74) is 5.78. The number of nitrogens with zero attached hydrogens (tertiary/aromatic N) is 1. The minimum Gasteiger partial charge on any atom is -0.481 e. The summed E-state index contributed by atoms with van der Waals surface area (Å²) in [5, 5.41) is 9.32. The number of hydrogen-bond donors (Lipinski definition) is 2. The first kappa shape index (κ1) is 12.6. The van der Waals surface area contributed by atoms with Crippen molar-refractivity contribution in [1.29, 1.82) is 0 Å². The molecule has 1 unspecified atom stereocenters. The second-order valence-corrected chi connectivity index (χ2v) is 4.07. The lowest BCUT2D eigenvalue weighted by atomic mass is 9.78. The van der Waals surface area contributed by atoms with Crippen LogP contribution in [-0.4, -0.2) is 22.6 Å². The first-order valence-electron chi connectivity index (χ1n) is 5.47. The van der Waals surface area contributed by atoms with E-state index in [4.69, 9.17) is 5.73 Å². The molecule has 0 saturated heterocycles. The number of carbonyl (C=O) groups is 1. The van der Waals surface area contributed by atoms with Gasteiger partial charge in [0.25, 0.3) is 0 Å². The number of hydrogen-bond acceptors (Lipinski definition) is 3. The number of carboxylic acids is 1. The molecule has 0 aromatic carbocycles. The van der Waals surface area contributed by atoms with Crippen molar-refractivity contribution >= 4 is 5.97 Å². The van der Waals surface area contributed by atoms with Gasteiger partial charge in [0.05, 0.1) is 5.41 Å². The maximum atomic E-state index is 11.4. The Morgan fingerprint density at radius 3 is 2.56 bits per heavy atom. The molecule has 0 aliphatic carbocycles. The molecule has 0 spiro atoms. The monoisotopic (exact) mass is 222 g/mol. The zero-order chi connectivity index (χ0) is 12.0. The van der Waals surface area contributed by atoms with Crippen LogP contribution in [0.25, 0.3) is 0 Å². The molecule has 1 rings (SSSR count). The van der Waals surface area contributed by atoms with Gasteiger partial charge < -0.3 is 10.8 Å². The van der Waals surface area contributed by atoms with Gasteiger partial charge >= 0.3 is 5.97 Å². The molecule has 0 saturated carbocycles. The van der Waals surface area contributed by atoms with Crippen molar-refractivity contribution in [2.75, 3.05) is 6.54 Å². The van der Waals surface area contributed by atoms with Crippen molar-refractivity contribution in [2.24, 2.45) is 11.1 Å². The molecular formula is C12H18N2O2. The third-order valence-corrected chi connectivity index (χ3v) is 2.86. The van der Waals surface area contributed by atoms with E-state index in [0.29, 0.717) is 12.8 Å². The van der Waals surface area contributed by atoms with Gasteiger partial charge in [0.2, 0.25) is 0 Å². The first-order chi connectivity index (χ1) is 7.64. The molecule has 1 heterocycles. The zero-order valence-corrected chi connectivity index (χ0v) is 9.52. The average Bonchev–Trinajstić information content (AvgIpc) is 2.29. The van der Waals surface area contributed by atoms with Crippen molar-refractivity contribution in [1.82, 2.24) is 4.98 Å². The Morgan fingerprint density at radius 1 is 1.50 bits per heavy atom. The standard InChI is InChI=1S/C12H18N2O2/c1-2-5-12(9-13,11(15)16)8-10-3-6-14-7-4-10/h3-4,6-7H,2,5,8-9,13H2,1H3,(H,15,16). The summed E-state index contributed by atoms with van der Waals surface area (Å²) in [5.74, 6) is -0.811. The van der Waals surface area contributed by atoms with Crippen LogP contribution in [0.2, 0.25) is 0 Å². The normalized spacial score (nSPS) is 14.4. The third-order valence-electron chi connectivity index (χ3n) is 2.86. The van der Waals surface area contributed by atoms with E-state index in [1.165, 1.54) is 0 Å². The van der Waals surface area contributed by atoms with Crippen molar-refractivity contribution < 1.29 is 9.90 Å². The molecule has 0 fully saturated rings. The second-order valence-electron chi connectivity index (χ2n) is 4.07. The number of rotatable bonds is 6. The van der Waals surface area contributed by atoms with Crippen molar-refractivity contribution in [2.45, 2.75) is 26.2 Å². The molecule has 4 nitrogen and oxygen atoms in total. The van der Waals surface area contributed by atoms with Gasteiger partial charge in [-0.25, -0.2) is 0 Å². The van der Waals surface area contributed by atoms with Crippen LogP contribution < -0.4 is 5.73 Å². The van der Waals surface area contributed by atoms with Crippen LogP contribution in [0.5, 0.6) is 0 Å². The van der Waals surface area contributed by atoms with Gasteiger partial charge in [-0.2, -0.15) is 0 Å². The number of aromatic nitrogens is 1. The summed E-state index contributed by atoms with van der Waals surface area (Å²) in [6, 6.07) is 3.67. The Morgan fingerprint density at radius 2 is 2.12 bits per heavy atom. The minimum absolute atomic E-state index is 0.165. The highest BCUT2D eigenvalue weighted by molar-refractivity contribution is 5.75. The number of aliphatic carboxylic acids is 1. The van der Waals surface area contributed by atoms with Gasteiger partial charge in [0.15, 0.2) is 0 Å². The Bertz CT molecular complexity index is 340.